The average Bonchev–Trinajstić information content (AvgIpc) is 3.71. The molecule has 0 radical (unpaired) electrons. The van der Waals surface area contributed by atoms with Crippen LogP contribution in [-0.4, -0.2) is 151 Å². The molecule has 3 aliphatic heterocycles. The van der Waals surface area contributed by atoms with Gasteiger partial charge in [-0.15, -0.1) is 0 Å². The number of fused-ring (bicyclic) bond motifs is 1. The third-order valence-electron chi connectivity index (χ3n) is 12.1. The van der Waals surface area contributed by atoms with E-state index < -0.39 is 60.4 Å². The summed E-state index contributed by atoms with van der Waals surface area (Å²) in [7, 11) is 5.24. The summed E-state index contributed by atoms with van der Waals surface area (Å²) in [4.78, 5) is 78.5. The Kier molecular flexibility index (Phi) is 18.8. The number of rotatable bonds is 8. The maximum atomic E-state index is 14.2. The van der Waals surface area contributed by atoms with Crippen molar-refractivity contribution in [3.05, 3.63) is 35.9 Å². The molecule has 9 atom stereocenters. The van der Waals surface area contributed by atoms with E-state index in [1.165, 1.54) is 0 Å². The van der Waals surface area contributed by atoms with Gasteiger partial charge in [0.2, 0.25) is 29.5 Å². The smallest absolute Gasteiger partial charge is 0.287 e. The summed E-state index contributed by atoms with van der Waals surface area (Å²) in [5, 5.41) is 20.6. The highest BCUT2D eigenvalue weighted by molar-refractivity contribution is 5.94. The molecule has 342 valence electrons. The van der Waals surface area contributed by atoms with E-state index >= 15 is 0 Å². The van der Waals surface area contributed by atoms with Crippen molar-refractivity contribution in [3.63, 3.8) is 0 Å². The Labute approximate surface area is 362 Å². The number of likely N-dealkylation sites (N-methyl/N-ethyl adjacent to an activating group) is 1. The van der Waals surface area contributed by atoms with Crippen LogP contribution in [0.4, 0.5) is 0 Å². The molecule has 0 aliphatic carbocycles. The summed E-state index contributed by atoms with van der Waals surface area (Å²) in [6.07, 6.45) is 3.19. The van der Waals surface area contributed by atoms with Gasteiger partial charge in [0.25, 0.3) is 6.02 Å². The molecule has 4 rings (SSSR count). The quantitative estimate of drug-likeness (QED) is 0.223. The Bertz CT molecular complexity index is 1640. The van der Waals surface area contributed by atoms with Gasteiger partial charge in [-0.05, 0) is 84.6 Å². The number of nitrogens with one attached hydrogen (secondary N) is 3. The molecule has 4 N–H and O–H groups in total. The lowest BCUT2D eigenvalue weighted by atomic mass is 9.87. The molecule has 5 unspecified atom stereocenters. The summed E-state index contributed by atoms with van der Waals surface area (Å²) in [5.41, 5.74) is -0.560. The summed E-state index contributed by atoms with van der Waals surface area (Å²) >= 11 is 0. The van der Waals surface area contributed by atoms with E-state index in [1.807, 2.05) is 70.0 Å². The largest absolute Gasteiger partial charge is 0.468 e. The zero-order valence-electron chi connectivity index (χ0n) is 38.0. The van der Waals surface area contributed by atoms with Crippen LogP contribution in [-0.2, 0) is 44.6 Å². The van der Waals surface area contributed by atoms with Crippen molar-refractivity contribution in [2.24, 2.45) is 10.9 Å². The van der Waals surface area contributed by atoms with Crippen LogP contribution in [0.25, 0.3) is 0 Å². The van der Waals surface area contributed by atoms with E-state index in [0.29, 0.717) is 76.9 Å². The number of aliphatic hydroxyl groups is 1. The van der Waals surface area contributed by atoms with Gasteiger partial charge < -0.3 is 50.0 Å². The summed E-state index contributed by atoms with van der Waals surface area (Å²) in [5.74, 6) is -2.56. The topological polar surface area (TPSA) is 191 Å². The first-order valence-corrected chi connectivity index (χ1v) is 22.3. The van der Waals surface area contributed by atoms with Gasteiger partial charge in [-0.3, -0.25) is 24.0 Å². The number of amidine groups is 1. The molecule has 0 saturated carbocycles. The van der Waals surface area contributed by atoms with E-state index in [-0.39, 0.29) is 48.8 Å². The van der Waals surface area contributed by atoms with Gasteiger partial charge in [0.15, 0.2) is 6.29 Å². The molecule has 3 saturated heterocycles. The molecule has 16 nitrogen and oxygen atoms in total. The maximum absolute atomic E-state index is 14.2. The average molecular weight is 856 g/mol. The minimum absolute atomic E-state index is 0.0233. The Morgan fingerprint density at radius 1 is 0.984 bits per heavy atom. The number of benzene rings is 1. The fraction of sp³-hybridized carbons (Fsp3) is 0.733. The zero-order chi connectivity index (χ0) is 44.9. The van der Waals surface area contributed by atoms with Gasteiger partial charge in [-0.1, -0.05) is 50.6 Å². The highest BCUT2D eigenvalue weighted by Crippen LogP contribution is 2.32. The van der Waals surface area contributed by atoms with Crippen LogP contribution in [0, 0.1) is 5.92 Å². The van der Waals surface area contributed by atoms with Gasteiger partial charge in [-0.2, -0.15) is 0 Å². The normalized spacial score (nSPS) is 31.1. The predicted octanol–water partition coefficient (Wildman–Crippen LogP) is 3.15. The Hall–Kier alpha value is -4.28. The first kappa shape index (κ1) is 49.4. The third kappa shape index (κ3) is 14.4. The van der Waals surface area contributed by atoms with Crippen molar-refractivity contribution >= 4 is 35.6 Å². The maximum Gasteiger partial charge on any atom is 0.287 e. The number of methoxy groups -OCH3 is 1. The van der Waals surface area contributed by atoms with Crippen LogP contribution in [0.2, 0.25) is 0 Å². The molecule has 1 aromatic carbocycles. The molecule has 3 heterocycles. The number of nitrogens with zero attached hydrogens (tertiary/aromatic N) is 4. The Balaban J connectivity index is 1.60. The summed E-state index contributed by atoms with van der Waals surface area (Å²) in [6, 6.07) is 7.25. The van der Waals surface area contributed by atoms with Crippen LogP contribution in [0.5, 0.6) is 0 Å². The lowest BCUT2D eigenvalue weighted by Gasteiger charge is -2.42. The number of ether oxygens (including phenoxy) is 3. The zero-order valence-corrected chi connectivity index (χ0v) is 38.0. The van der Waals surface area contributed by atoms with E-state index in [9.17, 15) is 29.1 Å². The number of hydrogen-bond acceptors (Lipinski definition) is 10. The van der Waals surface area contributed by atoms with E-state index in [0.717, 1.165) is 5.56 Å². The predicted molar refractivity (Wildman–Crippen MR) is 232 cm³/mol. The van der Waals surface area contributed by atoms with Gasteiger partial charge in [0, 0.05) is 58.0 Å². The monoisotopic (exact) mass is 856 g/mol. The molecule has 0 bridgehead atoms. The van der Waals surface area contributed by atoms with Gasteiger partial charge in [0.05, 0.1) is 31.5 Å². The number of aliphatic imine (C=N–C) groups is 1. The Morgan fingerprint density at radius 3 is 2.38 bits per heavy atom. The van der Waals surface area contributed by atoms with Crippen molar-refractivity contribution in [2.45, 2.75) is 166 Å². The second-order valence-electron chi connectivity index (χ2n) is 17.7. The molecular formula is C45H73N7O9. The van der Waals surface area contributed by atoms with Crippen molar-refractivity contribution in [1.29, 1.82) is 0 Å². The van der Waals surface area contributed by atoms with Crippen LogP contribution in [0.3, 0.4) is 0 Å². The van der Waals surface area contributed by atoms with Crippen molar-refractivity contribution < 1.29 is 43.3 Å². The SMILES string of the molecule is CCC[C@@H]1NC(=O)[C@H](C)CC[C@@H](OC2CC(N(C)C(=NC(C)C)OC)CC(C)O2)[C@](C)(O)CCCN(C)C(=O)C2CCCN2C(=O)C(Cc2ccccc2)NC(=O)CNC1=O. The van der Waals surface area contributed by atoms with Crippen LogP contribution < -0.4 is 16.0 Å². The van der Waals surface area contributed by atoms with E-state index in [4.69, 9.17) is 14.2 Å². The fourth-order valence-corrected chi connectivity index (χ4v) is 8.53. The molecule has 3 fully saturated rings. The van der Waals surface area contributed by atoms with Crippen LogP contribution >= 0.6 is 0 Å². The number of amides is 5. The first-order chi connectivity index (χ1) is 28.9. The second-order valence-corrected chi connectivity index (χ2v) is 17.7. The van der Waals surface area contributed by atoms with Crippen molar-refractivity contribution in [2.75, 3.05) is 40.8 Å². The molecule has 0 spiro atoms. The van der Waals surface area contributed by atoms with E-state index in [1.54, 1.807) is 37.8 Å². The summed E-state index contributed by atoms with van der Waals surface area (Å²) in [6.45, 7) is 11.6. The van der Waals surface area contributed by atoms with Crippen molar-refractivity contribution in [1.82, 2.24) is 30.7 Å². The number of carbonyl (C=O) groups excluding carboxylic acids is 5. The minimum atomic E-state index is -1.39. The standard InChI is InChI=1S/C45H73N7O9/c1-10-16-34-41(55)46-28-38(53)48-35(26-32-17-12-11-13-18-32)42(56)52-24-14-19-36(52)43(57)50(7)23-15-22-45(6,58)37(21-20-30(4)40(54)49-34)61-39-27-33(25-31(5)60-39)51(8)44(59-9)47-29(2)3/h11-13,17-18,29-31,33-37,39,58H,10,14-16,19-28H2,1-9H3,(H,46,55)(H,48,53)(H,49,54)/t30-,31?,33?,34+,35?,36?,37-,39?,45-/m1/s1. The lowest BCUT2D eigenvalue weighted by Crippen LogP contribution is -2.56. The van der Waals surface area contributed by atoms with Crippen molar-refractivity contribution in [3.8, 4) is 0 Å². The lowest BCUT2D eigenvalue weighted by molar-refractivity contribution is -0.250. The third-order valence-corrected chi connectivity index (χ3v) is 12.1. The van der Waals surface area contributed by atoms with Crippen LogP contribution in [0.1, 0.15) is 111 Å². The number of carbonyl (C=O) groups is 5. The van der Waals surface area contributed by atoms with Crippen LogP contribution in [0.15, 0.2) is 35.3 Å². The number of hydrogen-bond donors (Lipinski definition) is 4. The molecular weight excluding hydrogens is 783 g/mol. The first-order valence-electron chi connectivity index (χ1n) is 22.3. The molecule has 5 amide bonds. The highest BCUT2D eigenvalue weighted by atomic mass is 16.7. The van der Waals surface area contributed by atoms with Gasteiger partial charge in [-0.25, -0.2) is 4.99 Å². The fourth-order valence-electron chi connectivity index (χ4n) is 8.53. The molecule has 61 heavy (non-hydrogen) atoms. The highest BCUT2D eigenvalue weighted by Gasteiger charge is 2.41. The molecule has 3 aliphatic rings. The summed E-state index contributed by atoms with van der Waals surface area (Å²) < 4.78 is 18.6. The second kappa shape index (κ2) is 23.2. The Morgan fingerprint density at radius 2 is 1.70 bits per heavy atom. The van der Waals surface area contributed by atoms with Gasteiger partial charge in [0.1, 0.15) is 18.1 Å². The molecule has 16 heteroatoms. The molecule has 0 aromatic heterocycles. The molecule has 1 aromatic rings. The van der Waals surface area contributed by atoms with Gasteiger partial charge >= 0.3 is 0 Å². The minimum Gasteiger partial charge on any atom is -0.468 e. The van der Waals surface area contributed by atoms with E-state index in [2.05, 4.69) is 20.9 Å².